The highest BCUT2D eigenvalue weighted by molar-refractivity contribution is 5.78. The van der Waals surface area contributed by atoms with Crippen LogP contribution in [0.5, 0.6) is 0 Å². The molecule has 0 spiro atoms. The first-order chi connectivity index (χ1) is 4.72. The summed E-state index contributed by atoms with van der Waals surface area (Å²) >= 11 is 0. The molecule has 0 bridgehead atoms. The van der Waals surface area contributed by atoms with E-state index in [0.29, 0.717) is 6.54 Å². The summed E-state index contributed by atoms with van der Waals surface area (Å²) in [6.45, 7) is 5.75. The fourth-order valence-corrected chi connectivity index (χ4v) is 0.889. The number of Topliss-reactive ketones (excluding diaryl/α,β-unsaturated/α-hetero) is 1. The Balaban J connectivity index is 3.71. The van der Waals surface area contributed by atoms with Crippen molar-refractivity contribution >= 4 is 5.78 Å². The van der Waals surface area contributed by atoms with Gasteiger partial charge in [0.05, 0.1) is 0 Å². The second kappa shape index (κ2) is 5.18. The summed E-state index contributed by atoms with van der Waals surface area (Å²) in [5, 5.41) is 0. The Hall–Kier alpha value is -0.630. The van der Waals surface area contributed by atoms with Crippen LogP contribution in [0.25, 0.3) is 0 Å². The molecule has 0 amide bonds. The second-order valence-electron chi connectivity index (χ2n) is 2.41. The monoisotopic (exact) mass is 141 g/mol. The van der Waals surface area contributed by atoms with Crippen LogP contribution in [0.3, 0.4) is 0 Å². The van der Waals surface area contributed by atoms with Crippen LogP contribution in [0.2, 0.25) is 0 Å². The first-order valence-corrected chi connectivity index (χ1v) is 3.53. The number of rotatable bonds is 5. The van der Waals surface area contributed by atoms with Crippen molar-refractivity contribution in [1.82, 2.24) is 0 Å². The van der Waals surface area contributed by atoms with Gasteiger partial charge >= 0.3 is 0 Å². The standard InChI is InChI=1S/C8H15NO/c1-3-4-8(5-6-9)7(2)10/h3,8H,1,4-6,9H2,2H3/t8-/m1/s1. The van der Waals surface area contributed by atoms with Crippen LogP contribution >= 0.6 is 0 Å². The van der Waals surface area contributed by atoms with Crippen molar-refractivity contribution in [3.63, 3.8) is 0 Å². The van der Waals surface area contributed by atoms with Gasteiger partial charge in [-0.3, -0.25) is 4.79 Å². The maximum atomic E-state index is 10.8. The lowest BCUT2D eigenvalue weighted by molar-refractivity contribution is -0.120. The van der Waals surface area contributed by atoms with E-state index in [0.717, 1.165) is 12.8 Å². The SMILES string of the molecule is C=CC[C@H](CCN)C(C)=O. The van der Waals surface area contributed by atoms with Gasteiger partial charge in [0.2, 0.25) is 0 Å². The number of allylic oxidation sites excluding steroid dienone is 1. The first kappa shape index (κ1) is 9.37. The van der Waals surface area contributed by atoms with E-state index >= 15 is 0 Å². The van der Waals surface area contributed by atoms with Crippen LogP contribution in [0.4, 0.5) is 0 Å². The molecular formula is C8H15NO. The highest BCUT2D eigenvalue weighted by Crippen LogP contribution is 2.08. The minimum atomic E-state index is 0.0995. The molecule has 0 saturated carbocycles. The van der Waals surface area contributed by atoms with Crippen LogP contribution < -0.4 is 5.73 Å². The molecule has 0 aliphatic carbocycles. The number of ketones is 1. The topological polar surface area (TPSA) is 43.1 Å². The van der Waals surface area contributed by atoms with Gasteiger partial charge in [-0.2, -0.15) is 0 Å². The molecule has 2 nitrogen and oxygen atoms in total. The molecule has 0 fully saturated rings. The van der Waals surface area contributed by atoms with Gasteiger partial charge in [-0.05, 0) is 26.3 Å². The highest BCUT2D eigenvalue weighted by Gasteiger charge is 2.09. The molecule has 0 saturated heterocycles. The van der Waals surface area contributed by atoms with Gasteiger partial charge in [0.1, 0.15) is 5.78 Å². The van der Waals surface area contributed by atoms with E-state index in [1.807, 2.05) is 0 Å². The predicted molar refractivity (Wildman–Crippen MR) is 42.7 cm³/mol. The molecule has 0 unspecified atom stereocenters. The van der Waals surface area contributed by atoms with Gasteiger partial charge in [0.25, 0.3) is 0 Å². The number of hydrogen-bond acceptors (Lipinski definition) is 2. The van der Waals surface area contributed by atoms with Crippen LogP contribution in [-0.4, -0.2) is 12.3 Å². The van der Waals surface area contributed by atoms with E-state index in [-0.39, 0.29) is 11.7 Å². The smallest absolute Gasteiger partial charge is 0.133 e. The van der Waals surface area contributed by atoms with Gasteiger partial charge in [-0.1, -0.05) is 6.08 Å². The molecule has 58 valence electrons. The number of hydrogen-bond donors (Lipinski definition) is 1. The zero-order valence-electron chi connectivity index (χ0n) is 6.47. The summed E-state index contributed by atoms with van der Waals surface area (Å²) in [4.78, 5) is 10.8. The van der Waals surface area contributed by atoms with Crippen molar-refractivity contribution in [2.45, 2.75) is 19.8 Å². The summed E-state index contributed by atoms with van der Waals surface area (Å²) in [6, 6.07) is 0. The van der Waals surface area contributed by atoms with E-state index in [1.165, 1.54) is 0 Å². The lowest BCUT2D eigenvalue weighted by Gasteiger charge is -2.07. The number of carbonyl (C=O) groups excluding carboxylic acids is 1. The van der Waals surface area contributed by atoms with Crippen molar-refractivity contribution in [1.29, 1.82) is 0 Å². The van der Waals surface area contributed by atoms with Gasteiger partial charge in [-0.15, -0.1) is 6.58 Å². The Labute approximate surface area is 62.1 Å². The third-order valence-corrected chi connectivity index (χ3v) is 1.54. The predicted octanol–water partition coefficient (Wildman–Crippen LogP) is 1.12. The molecular weight excluding hydrogens is 126 g/mol. The maximum Gasteiger partial charge on any atom is 0.133 e. The largest absolute Gasteiger partial charge is 0.330 e. The lowest BCUT2D eigenvalue weighted by Crippen LogP contribution is -2.14. The maximum absolute atomic E-state index is 10.8. The molecule has 1 atom stereocenters. The van der Waals surface area contributed by atoms with E-state index in [1.54, 1.807) is 13.0 Å². The fourth-order valence-electron chi connectivity index (χ4n) is 0.889. The Kier molecular flexibility index (Phi) is 4.85. The fraction of sp³-hybridized carbons (Fsp3) is 0.625. The van der Waals surface area contributed by atoms with E-state index in [9.17, 15) is 4.79 Å². The average Bonchev–Trinajstić information content (AvgIpc) is 1.87. The third kappa shape index (κ3) is 3.41. The molecule has 0 aromatic heterocycles. The average molecular weight is 141 g/mol. The van der Waals surface area contributed by atoms with Gasteiger partial charge in [-0.25, -0.2) is 0 Å². The van der Waals surface area contributed by atoms with Gasteiger partial charge in [0, 0.05) is 5.92 Å². The van der Waals surface area contributed by atoms with Crippen LogP contribution in [-0.2, 0) is 4.79 Å². The van der Waals surface area contributed by atoms with E-state index in [2.05, 4.69) is 6.58 Å². The molecule has 0 aliphatic rings. The summed E-state index contributed by atoms with van der Waals surface area (Å²) in [5.41, 5.74) is 5.31. The quantitative estimate of drug-likeness (QED) is 0.583. The third-order valence-electron chi connectivity index (χ3n) is 1.54. The summed E-state index contributed by atoms with van der Waals surface area (Å²) < 4.78 is 0. The Morgan fingerprint density at radius 1 is 1.80 bits per heavy atom. The van der Waals surface area contributed by atoms with E-state index in [4.69, 9.17) is 5.73 Å². The molecule has 0 radical (unpaired) electrons. The molecule has 0 aliphatic heterocycles. The van der Waals surface area contributed by atoms with Crippen molar-refractivity contribution in [3.8, 4) is 0 Å². The Bertz CT molecular complexity index is 120. The number of nitrogens with two attached hydrogens (primary N) is 1. The van der Waals surface area contributed by atoms with Crippen LogP contribution in [0.15, 0.2) is 12.7 Å². The zero-order valence-corrected chi connectivity index (χ0v) is 6.47. The van der Waals surface area contributed by atoms with Crippen molar-refractivity contribution in [3.05, 3.63) is 12.7 Å². The molecule has 0 aromatic rings. The summed E-state index contributed by atoms with van der Waals surface area (Å²) in [5.74, 6) is 0.313. The summed E-state index contributed by atoms with van der Waals surface area (Å²) in [6.07, 6.45) is 3.30. The Morgan fingerprint density at radius 2 is 2.40 bits per heavy atom. The van der Waals surface area contributed by atoms with Crippen molar-refractivity contribution in [2.24, 2.45) is 11.7 Å². The minimum Gasteiger partial charge on any atom is -0.330 e. The molecule has 2 N–H and O–H groups in total. The van der Waals surface area contributed by atoms with Crippen LogP contribution in [0.1, 0.15) is 19.8 Å². The second-order valence-corrected chi connectivity index (χ2v) is 2.41. The number of carbonyl (C=O) groups is 1. The van der Waals surface area contributed by atoms with E-state index < -0.39 is 0 Å². The normalized spacial score (nSPS) is 12.6. The molecule has 0 aromatic carbocycles. The van der Waals surface area contributed by atoms with Gasteiger partial charge < -0.3 is 5.73 Å². The minimum absolute atomic E-state index is 0.0995. The van der Waals surface area contributed by atoms with Crippen molar-refractivity contribution in [2.75, 3.05) is 6.54 Å². The molecule has 2 heteroatoms. The zero-order chi connectivity index (χ0) is 7.98. The van der Waals surface area contributed by atoms with Gasteiger partial charge in [0.15, 0.2) is 0 Å². The first-order valence-electron chi connectivity index (χ1n) is 3.53. The van der Waals surface area contributed by atoms with Crippen molar-refractivity contribution < 1.29 is 4.79 Å². The molecule has 10 heavy (non-hydrogen) atoms. The lowest BCUT2D eigenvalue weighted by atomic mass is 9.98. The summed E-state index contributed by atoms with van der Waals surface area (Å²) in [7, 11) is 0. The highest BCUT2D eigenvalue weighted by atomic mass is 16.1. The van der Waals surface area contributed by atoms with Crippen LogP contribution in [0, 0.1) is 5.92 Å². The molecule has 0 rings (SSSR count). The Morgan fingerprint density at radius 3 is 2.70 bits per heavy atom. The molecule has 0 heterocycles.